The molecule has 0 fully saturated rings. The standard InChI is InChI=1S/C26H28Cl2N6O3/c1-5-32(6-2)19-10-8-18(9-11-19)30-25-29-13-17-14-34(26(36)33(7-3)24(17)31-25)23-21(27)16(15-35)12-20(37-4)22(23)28/h8-13,15H,5-7,14H2,1-4H3,(H,29,30,31). The maximum atomic E-state index is 13.6. The summed E-state index contributed by atoms with van der Waals surface area (Å²) >= 11 is 13.0. The summed E-state index contributed by atoms with van der Waals surface area (Å²) in [5.74, 6) is 1.11. The number of benzene rings is 2. The Bertz CT molecular complexity index is 1310. The SMILES string of the molecule is CCN(CC)c1ccc(Nc2ncc3c(n2)N(CC)C(=O)N(c2c(Cl)c(C=O)cc(OC)c2Cl)C3)cc1. The molecule has 1 aromatic heterocycles. The molecule has 0 bridgehead atoms. The number of methoxy groups -OCH3 is 1. The number of hydrogen-bond acceptors (Lipinski definition) is 7. The molecule has 37 heavy (non-hydrogen) atoms. The predicted octanol–water partition coefficient (Wildman–Crippen LogP) is 6.16. The lowest BCUT2D eigenvalue weighted by atomic mass is 10.1. The van der Waals surface area contributed by atoms with E-state index in [-0.39, 0.29) is 39.6 Å². The summed E-state index contributed by atoms with van der Waals surface area (Å²) in [5, 5.41) is 3.42. The Kier molecular flexibility index (Phi) is 8.04. The van der Waals surface area contributed by atoms with Gasteiger partial charge < -0.3 is 15.0 Å². The number of carbonyl (C=O) groups is 2. The second kappa shape index (κ2) is 11.2. The number of carbonyl (C=O) groups excluding carboxylic acids is 2. The Hall–Kier alpha value is -3.56. The van der Waals surface area contributed by atoms with Crippen molar-refractivity contribution in [3.05, 3.63) is 57.7 Å². The third-order valence-electron chi connectivity index (χ3n) is 6.24. The highest BCUT2D eigenvalue weighted by Gasteiger charge is 2.35. The zero-order valence-electron chi connectivity index (χ0n) is 21.1. The van der Waals surface area contributed by atoms with Gasteiger partial charge in [0.1, 0.15) is 16.6 Å². The number of urea groups is 1. The number of halogens is 2. The molecule has 0 unspecified atom stereocenters. The number of nitrogens with one attached hydrogen (secondary N) is 1. The number of hydrogen-bond donors (Lipinski definition) is 1. The Morgan fingerprint density at radius 2 is 1.84 bits per heavy atom. The lowest BCUT2D eigenvalue weighted by Gasteiger charge is -2.36. The van der Waals surface area contributed by atoms with Gasteiger partial charge in [-0.25, -0.2) is 9.78 Å². The van der Waals surface area contributed by atoms with E-state index in [0.29, 0.717) is 30.2 Å². The fourth-order valence-corrected chi connectivity index (χ4v) is 4.97. The number of aromatic nitrogens is 2. The minimum Gasteiger partial charge on any atom is -0.495 e. The van der Waals surface area contributed by atoms with Gasteiger partial charge in [0.05, 0.1) is 24.4 Å². The molecule has 0 radical (unpaired) electrons. The summed E-state index contributed by atoms with van der Waals surface area (Å²) in [6.45, 7) is 8.41. The van der Waals surface area contributed by atoms with E-state index in [1.165, 1.54) is 23.0 Å². The van der Waals surface area contributed by atoms with Gasteiger partial charge in [-0.05, 0) is 51.1 Å². The van der Waals surface area contributed by atoms with Crippen LogP contribution in [0.25, 0.3) is 0 Å². The molecular weight excluding hydrogens is 515 g/mol. The Morgan fingerprint density at radius 1 is 1.14 bits per heavy atom. The minimum absolute atomic E-state index is 0.0704. The molecule has 0 spiro atoms. The number of aldehydes is 1. The molecular formula is C26H28Cl2N6O3. The number of amides is 2. The van der Waals surface area contributed by atoms with Crippen LogP contribution in [0.3, 0.4) is 0 Å². The van der Waals surface area contributed by atoms with Gasteiger partial charge in [0.2, 0.25) is 5.95 Å². The van der Waals surface area contributed by atoms with Crippen molar-refractivity contribution >= 4 is 64.3 Å². The smallest absolute Gasteiger partial charge is 0.330 e. The van der Waals surface area contributed by atoms with Crippen molar-refractivity contribution in [3.63, 3.8) is 0 Å². The van der Waals surface area contributed by atoms with Gasteiger partial charge in [0.15, 0.2) is 6.29 Å². The van der Waals surface area contributed by atoms with E-state index in [4.69, 9.17) is 27.9 Å². The average molecular weight is 543 g/mol. The quantitative estimate of drug-likeness (QED) is 0.323. The van der Waals surface area contributed by atoms with Crippen molar-refractivity contribution in [2.45, 2.75) is 27.3 Å². The number of nitrogens with zero attached hydrogens (tertiary/aromatic N) is 5. The van der Waals surface area contributed by atoms with Crippen LogP contribution < -0.4 is 24.8 Å². The summed E-state index contributed by atoms with van der Waals surface area (Å²) in [4.78, 5) is 39.5. The van der Waals surface area contributed by atoms with Gasteiger partial charge in [0.25, 0.3) is 0 Å². The second-order valence-electron chi connectivity index (χ2n) is 8.26. The van der Waals surface area contributed by atoms with Crippen molar-refractivity contribution < 1.29 is 14.3 Å². The topological polar surface area (TPSA) is 90.9 Å². The van der Waals surface area contributed by atoms with E-state index in [0.717, 1.165) is 24.5 Å². The molecule has 2 amide bonds. The van der Waals surface area contributed by atoms with Crippen molar-refractivity contribution in [1.82, 2.24) is 9.97 Å². The van der Waals surface area contributed by atoms with Gasteiger partial charge in [0, 0.05) is 48.3 Å². The van der Waals surface area contributed by atoms with Crippen LogP contribution in [0.2, 0.25) is 10.0 Å². The molecule has 0 atom stereocenters. The second-order valence-corrected chi connectivity index (χ2v) is 9.02. The maximum absolute atomic E-state index is 13.6. The van der Waals surface area contributed by atoms with E-state index >= 15 is 0 Å². The molecule has 194 valence electrons. The average Bonchev–Trinajstić information content (AvgIpc) is 2.91. The van der Waals surface area contributed by atoms with Gasteiger partial charge in [-0.1, -0.05) is 23.2 Å². The molecule has 0 aliphatic carbocycles. The van der Waals surface area contributed by atoms with Crippen LogP contribution in [-0.4, -0.2) is 49.0 Å². The highest BCUT2D eigenvalue weighted by Crippen LogP contribution is 2.44. The summed E-state index contributed by atoms with van der Waals surface area (Å²) < 4.78 is 5.30. The Labute approximate surface area is 226 Å². The highest BCUT2D eigenvalue weighted by molar-refractivity contribution is 6.42. The van der Waals surface area contributed by atoms with Crippen LogP contribution in [0.1, 0.15) is 36.7 Å². The number of fused-ring (bicyclic) bond motifs is 1. The lowest BCUT2D eigenvalue weighted by Crippen LogP contribution is -2.48. The first-order chi connectivity index (χ1) is 17.9. The molecule has 0 saturated carbocycles. The fourth-order valence-electron chi connectivity index (χ4n) is 4.30. The molecule has 0 saturated heterocycles. The summed E-state index contributed by atoms with van der Waals surface area (Å²) in [6, 6.07) is 9.09. The van der Waals surface area contributed by atoms with Gasteiger partial charge in [-0.15, -0.1) is 0 Å². The van der Waals surface area contributed by atoms with Gasteiger partial charge >= 0.3 is 6.03 Å². The third kappa shape index (κ3) is 5.01. The van der Waals surface area contributed by atoms with Crippen LogP contribution in [0.15, 0.2) is 36.5 Å². The van der Waals surface area contributed by atoms with Crippen molar-refractivity contribution in [2.24, 2.45) is 0 Å². The monoisotopic (exact) mass is 542 g/mol. The Balaban J connectivity index is 1.66. The molecule has 1 N–H and O–H groups in total. The first-order valence-corrected chi connectivity index (χ1v) is 12.7. The predicted molar refractivity (Wildman–Crippen MR) is 148 cm³/mol. The summed E-state index contributed by atoms with van der Waals surface area (Å²) in [6.07, 6.45) is 2.26. The van der Waals surface area contributed by atoms with Crippen LogP contribution in [0.4, 0.5) is 33.6 Å². The van der Waals surface area contributed by atoms with Crippen LogP contribution in [0.5, 0.6) is 5.75 Å². The largest absolute Gasteiger partial charge is 0.495 e. The maximum Gasteiger partial charge on any atom is 0.330 e. The first kappa shape index (κ1) is 26.5. The molecule has 1 aliphatic heterocycles. The fraction of sp³-hybridized carbons (Fsp3) is 0.308. The van der Waals surface area contributed by atoms with E-state index < -0.39 is 0 Å². The molecule has 11 heteroatoms. The zero-order chi connectivity index (χ0) is 26.7. The highest BCUT2D eigenvalue weighted by atomic mass is 35.5. The van der Waals surface area contributed by atoms with E-state index in [1.807, 2.05) is 31.2 Å². The van der Waals surface area contributed by atoms with Crippen LogP contribution >= 0.6 is 23.2 Å². The number of ether oxygens (including phenoxy) is 1. The zero-order valence-corrected chi connectivity index (χ0v) is 22.6. The number of anilines is 5. The van der Waals surface area contributed by atoms with Crippen molar-refractivity contribution in [1.29, 1.82) is 0 Å². The lowest BCUT2D eigenvalue weighted by molar-refractivity contribution is 0.112. The summed E-state index contributed by atoms with van der Waals surface area (Å²) in [5.41, 5.74) is 3.04. The van der Waals surface area contributed by atoms with Crippen molar-refractivity contribution in [3.8, 4) is 5.75 Å². The Morgan fingerprint density at radius 3 is 2.43 bits per heavy atom. The molecule has 3 aromatic rings. The van der Waals surface area contributed by atoms with Gasteiger partial charge in [-0.3, -0.25) is 14.6 Å². The summed E-state index contributed by atoms with van der Waals surface area (Å²) in [7, 11) is 1.43. The van der Waals surface area contributed by atoms with Gasteiger partial charge in [-0.2, -0.15) is 4.98 Å². The minimum atomic E-state index is -0.378. The molecule has 2 aromatic carbocycles. The normalized spacial score (nSPS) is 12.9. The third-order valence-corrected chi connectivity index (χ3v) is 7.01. The molecule has 9 nitrogen and oxygen atoms in total. The van der Waals surface area contributed by atoms with E-state index in [1.54, 1.807) is 6.20 Å². The molecule has 4 rings (SSSR count). The number of rotatable bonds is 9. The van der Waals surface area contributed by atoms with Crippen molar-refractivity contribution in [2.75, 3.05) is 46.8 Å². The molecule has 1 aliphatic rings. The van der Waals surface area contributed by atoms with Crippen LogP contribution in [-0.2, 0) is 6.54 Å². The van der Waals surface area contributed by atoms with Crippen LogP contribution in [0, 0.1) is 0 Å². The van der Waals surface area contributed by atoms with E-state index in [2.05, 4.69) is 34.0 Å². The van der Waals surface area contributed by atoms with E-state index in [9.17, 15) is 9.59 Å². The molecule has 2 heterocycles. The first-order valence-electron chi connectivity index (χ1n) is 11.9.